The third kappa shape index (κ3) is 4.00. The minimum Gasteiger partial charge on any atom is -0.491 e. The van der Waals surface area contributed by atoms with E-state index in [1.807, 2.05) is 0 Å². The van der Waals surface area contributed by atoms with Gasteiger partial charge in [0, 0.05) is 0 Å². The molecule has 0 aliphatic heterocycles. The lowest BCUT2D eigenvalue weighted by Gasteiger charge is -2.35. The van der Waals surface area contributed by atoms with Gasteiger partial charge >= 0.3 is 11.8 Å². The monoisotopic (exact) mass is 498 g/mol. The molecular weight excluding hydrogens is 477 g/mol. The van der Waals surface area contributed by atoms with Crippen LogP contribution in [0.15, 0.2) is 42.5 Å². The maximum Gasteiger partial charge on any atom is 0.343 e. The van der Waals surface area contributed by atoms with Crippen molar-refractivity contribution in [2.75, 3.05) is 13.2 Å². The van der Waals surface area contributed by atoms with Crippen molar-refractivity contribution in [3.63, 3.8) is 0 Å². The number of fused-ring (bicyclic) bond motifs is 3. The van der Waals surface area contributed by atoms with E-state index < -0.39 is 57.3 Å². The Kier molecular flexibility index (Phi) is 6.46. The second kappa shape index (κ2) is 9.09. The lowest BCUT2D eigenvalue weighted by atomic mass is 9.78. The summed E-state index contributed by atoms with van der Waals surface area (Å²) in [5, 5.41) is 0. The Balaban J connectivity index is 1.75. The number of hydrogen-bond donors (Lipinski definition) is 0. The fourth-order valence-electron chi connectivity index (χ4n) is 4.26. The molecule has 0 saturated carbocycles. The van der Waals surface area contributed by atoms with Crippen molar-refractivity contribution in [1.82, 2.24) is 0 Å². The molecule has 35 heavy (non-hydrogen) atoms. The largest absolute Gasteiger partial charge is 0.491 e. The minimum atomic E-state index is -5.02. The first-order valence-corrected chi connectivity index (χ1v) is 11.0. The Morgan fingerprint density at radius 2 is 1.20 bits per heavy atom. The van der Waals surface area contributed by atoms with Crippen LogP contribution in [0.25, 0.3) is 11.1 Å². The third-order valence-electron chi connectivity index (χ3n) is 5.92. The van der Waals surface area contributed by atoms with E-state index in [2.05, 4.69) is 0 Å². The van der Waals surface area contributed by atoms with Gasteiger partial charge in [-0.05, 0) is 73.2 Å². The molecule has 1 aliphatic carbocycles. The Morgan fingerprint density at radius 1 is 0.657 bits per heavy atom. The summed E-state index contributed by atoms with van der Waals surface area (Å²) in [6.45, 7) is 3.37. The SMILES string of the molecule is CCOc1ccc(CCc2ccc3c(c2F)C(F)(F)C(F)(F)c2c-3ccc(OCC)c2F)cc1F. The van der Waals surface area contributed by atoms with Gasteiger partial charge in [-0.15, -0.1) is 0 Å². The van der Waals surface area contributed by atoms with Crippen LogP contribution in [0.1, 0.15) is 36.1 Å². The van der Waals surface area contributed by atoms with Crippen molar-refractivity contribution < 1.29 is 40.2 Å². The number of rotatable bonds is 7. The molecule has 0 fully saturated rings. The standard InChI is InChI=1S/C26H21F7O2/c1-3-34-19-11-6-14(13-18(19)27)5-7-15-8-9-16-17-10-12-20(35-4-2)24(29)22(17)26(32,33)25(30,31)21(16)23(15)28/h6,8-13H,3-5,7H2,1-2H3. The summed E-state index contributed by atoms with van der Waals surface area (Å²) in [7, 11) is 0. The van der Waals surface area contributed by atoms with Crippen molar-refractivity contribution in [2.45, 2.75) is 38.5 Å². The molecule has 3 aromatic carbocycles. The summed E-state index contributed by atoms with van der Waals surface area (Å²) in [5.41, 5.74) is -3.88. The van der Waals surface area contributed by atoms with E-state index in [1.165, 1.54) is 25.1 Å². The van der Waals surface area contributed by atoms with Gasteiger partial charge < -0.3 is 9.47 Å². The maximum absolute atomic E-state index is 15.3. The Bertz CT molecular complexity index is 1270. The summed E-state index contributed by atoms with van der Waals surface area (Å²) in [5.74, 6) is -14.3. The van der Waals surface area contributed by atoms with E-state index in [9.17, 15) is 17.6 Å². The summed E-state index contributed by atoms with van der Waals surface area (Å²) < 4.78 is 114. The molecule has 0 spiro atoms. The molecule has 1 aliphatic rings. The predicted molar refractivity (Wildman–Crippen MR) is 116 cm³/mol. The van der Waals surface area contributed by atoms with E-state index in [-0.39, 0.29) is 37.4 Å². The van der Waals surface area contributed by atoms with Gasteiger partial charge in [-0.3, -0.25) is 0 Å². The predicted octanol–water partition coefficient (Wildman–Crippen LogP) is 7.55. The van der Waals surface area contributed by atoms with E-state index in [0.29, 0.717) is 5.56 Å². The fourth-order valence-corrected chi connectivity index (χ4v) is 4.26. The molecule has 0 radical (unpaired) electrons. The highest BCUT2D eigenvalue weighted by atomic mass is 19.3. The second-order valence-corrected chi connectivity index (χ2v) is 8.04. The molecule has 0 saturated heterocycles. The molecule has 3 aromatic rings. The maximum atomic E-state index is 15.3. The third-order valence-corrected chi connectivity index (χ3v) is 5.92. The Morgan fingerprint density at radius 3 is 1.80 bits per heavy atom. The summed E-state index contributed by atoms with van der Waals surface area (Å²) in [4.78, 5) is 0. The zero-order valence-corrected chi connectivity index (χ0v) is 18.8. The van der Waals surface area contributed by atoms with Crippen LogP contribution in [0.4, 0.5) is 30.7 Å². The molecular formula is C26H21F7O2. The molecule has 0 unspecified atom stereocenters. The first kappa shape index (κ1) is 24.9. The van der Waals surface area contributed by atoms with E-state index in [1.54, 1.807) is 13.0 Å². The lowest BCUT2D eigenvalue weighted by molar-refractivity contribution is -0.228. The molecule has 0 aromatic heterocycles. The van der Waals surface area contributed by atoms with Gasteiger partial charge in [0.1, 0.15) is 5.82 Å². The highest BCUT2D eigenvalue weighted by molar-refractivity contribution is 5.77. The molecule has 0 bridgehead atoms. The lowest BCUT2D eigenvalue weighted by Crippen LogP contribution is -2.41. The quantitative estimate of drug-likeness (QED) is 0.313. The first-order chi connectivity index (χ1) is 16.5. The van der Waals surface area contributed by atoms with Crippen LogP contribution in [0.3, 0.4) is 0 Å². The smallest absolute Gasteiger partial charge is 0.343 e. The van der Waals surface area contributed by atoms with Crippen LogP contribution in [0.2, 0.25) is 0 Å². The van der Waals surface area contributed by atoms with Gasteiger partial charge in [-0.1, -0.05) is 18.2 Å². The number of halogens is 7. The molecule has 4 rings (SSSR count). The summed E-state index contributed by atoms with van der Waals surface area (Å²) >= 11 is 0. The average Bonchev–Trinajstić information content (AvgIpc) is 2.80. The van der Waals surface area contributed by atoms with Crippen molar-refractivity contribution >= 4 is 0 Å². The highest BCUT2D eigenvalue weighted by Crippen LogP contribution is 2.60. The minimum absolute atomic E-state index is 0.0384. The van der Waals surface area contributed by atoms with Crippen LogP contribution >= 0.6 is 0 Å². The average molecular weight is 498 g/mol. The van der Waals surface area contributed by atoms with Crippen LogP contribution in [0, 0.1) is 17.5 Å². The summed E-state index contributed by atoms with van der Waals surface area (Å²) in [6.07, 6.45) is -0.0946. The van der Waals surface area contributed by atoms with Crippen LogP contribution in [-0.4, -0.2) is 13.2 Å². The molecule has 0 heterocycles. The fraction of sp³-hybridized carbons (Fsp3) is 0.308. The Hall–Kier alpha value is -3.23. The van der Waals surface area contributed by atoms with Crippen molar-refractivity contribution in [3.05, 3.63) is 82.2 Å². The number of benzene rings is 3. The molecule has 2 nitrogen and oxygen atoms in total. The van der Waals surface area contributed by atoms with Gasteiger partial charge in [-0.25, -0.2) is 13.2 Å². The van der Waals surface area contributed by atoms with Gasteiger partial charge in [0.25, 0.3) is 0 Å². The molecule has 0 amide bonds. The first-order valence-electron chi connectivity index (χ1n) is 11.0. The van der Waals surface area contributed by atoms with Gasteiger partial charge in [0.2, 0.25) is 0 Å². The van der Waals surface area contributed by atoms with Crippen LogP contribution < -0.4 is 9.47 Å². The topological polar surface area (TPSA) is 18.5 Å². The Labute approximate surface area is 197 Å². The molecule has 186 valence electrons. The van der Waals surface area contributed by atoms with Crippen molar-refractivity contribution in [1.29, 1.82) is 0 Å². The molecule has 0 atom stereocenters. The molecule has 0 N–H and O–H groups in total. The van der Waals surface area contributed by atoms with Crippen molar-refractivity contribution in [3.8, 4) is 22.6 Å². The zero-order chi connectivity index (χ0) is 25.5. The van der Waals surface area contributed by atoms with E-state index >= 15 is 13.2 Å². The number of aryl methyl sites for hydroxylation is 2. The van der Waals surface area contributed by atoms with Crippen LogP contribution in [-0.2, 0) is 24.7 Å². The van der Waals surface area contributed by atoms with Crippen LogP contribution in [0.5, 0.6) is 11.5 Å². The number of alkyl halides is 4. The normalized spacial score (nSPS) is 15.3. The molecule has 9 heteroatoms. The summed E-state index contributed by atoms with van der Waals surface area (Å²) in [6, 6.07) is 8.46. The van der Waals surface area contributed by atoms with Gasteiger partial charge in [0.15, 0.2) is 23.1 Å². The van der Waals surface area contributed by atoms with E-state index in [0.717, 1.165) is 18.2 Å². The zero-order valence-electron chi connectivity index (χ0n) is 18.8. The highest BCUT2D eigenvalue weighted by Gasteiger charge is 2.65. The number of ether oxygens (including phenoxy) is 2. The van der Waals surface area contributed by atoms with Crippen molar-refractivity contribution in [2.24, 2.45) is 0 Å². The number of hydrogen-bond acceptors (Lipinski definition) is 2. The van der Waals surface area contributed by atoms with Gasteiger partial charge in [0.05, 0.1) is 24.3 Å². The second-order valence-electron chi connectivity index (χ2n) is 8.04. The van der Waals surface area contributed by atoms with Gasteiger partial charge in [-0.2, -0.15) is 17.6 Å². The van der Waals surface area contributed by atoms with E-state index in [4.69, 9.17) is 9.47 Å².